The highest BCUT2D eigenvalue weighted by atomic mass is 28.3. The van der Waals surface area contributed by atoms with Crippen LogP contribution in [-0.4, -0.2) is 15.2 Å². The molecule has 1 nitrogen and oxygen atoms in total. The summed E-state index contributed by atoms with van der Waals surface area (Å²) >= 11 is 0. The zero-order valence-electron chi connectivity index (χ0n) is 14.6. The highest BCUT2D eigenvalue weighted by Crippen LogP contribution is 2.20. The molecule has 2 heteroatoms. The number of hydrogen-bond acceptors (Lipinski definition) is 1. The smallest absolute Gasteiger partial charge is 0.118 e. The quantitative estimate of drug-likeness (QED) is 0.593. The predicted molar refractivity (Wildman–Crippen MR) is 106 cm³/mol. The van der Waals surface area contributed by atoms with Gasteiger partial charge in [0.25, 0.3) is 0 Å². The lowest BCUT2D eigenvalue weighted by Crippen LogP contribution is -2.43. The van der Waals surface area contributed by atoms with Crippen LogP contribution in [0.1, 0.15) is 5.56 Å². The maximum absolute atomic E-state index is 5.25. The Balaban J connectivity index is 1.78. The minimum atomic E-state index is -1.51. The predicted octanol–water partition coefficient (Wildman–Crippen LogP) is 5.06. The van der Waals surface area contributed by atoms with Gasteiger partial charge in [0.15, 0.2) is 0 Å². The van der Waals surface area contributed by atoms with Gasteiger partial charge in [0.1, 0.15) is 5.75 Å². The maximum atomic E-state index is 5.25. The van der Waals surface area contributed by atoms with Gasteiger partial charge in [-0.25, -0.2) is 0 Å². The third-order valence-electron chi connectivity index (χ3n) is 4.58. The first-order chi connectivity index (χ1) is 11.6. The van der Waals surface area contributed by atoms with E-state index in [0.717, 1.165) is 11.8 Å². The van der Waals surface area contributed by atoms with Crippen molar-refractivity contribution in [2.45, 2.75) is 19.1 Å². The van der Waals surface area contributed by atoms with Gasteiger partial charge >= 0.3 is 0 Å². The lowest BCUT2D eigenvalue weighted by atomic mass is 10.1. The maximum Gasteiger partial charge on any atom is 0.118 e. The lowest BCUT2D eigenvalue weighted by Gasteiger charge is -2.23. The molecule has 0 saturated heterocycles. The number of hydrogen-bond donors (Lipinski definition) is 0. The van der Waals surface area contributed by atoms with Crippen LogP contribution < -0.4 is 9.92 Å². The highest BCUT2D eigenvalue weighted by Gasteiger charge is 2.23. The Morgan fingerprint density at radius 2 is 1.29 bits per heavy atom. The molecule has 3 aromatic carbocycles. The van der Waals surface area contributed by atoms with E-state index >= 15 is 0 Å². The van der Waals surface area contributed by atoms with E-state index in [4.69, 9.17) is 4.74 Å². The van der Waals surface area contributed by atoms with Crippen LogP contribution in [0, 0.1) is 0 Å². The molecular weight excluding hydrogens is 308 g/mol. The molecule has 0 atom stereocenters. The summed E-state index contributed by atoms with van der Waals surface area (Å²) in [7, 11) is 0.198. The Morgan fingerprint density at radius 3 is 1.88 bits per heavy atom. The Hall–Kier alpha value is -2.32. The molecule has 0 N–H and O–H groups in total. The Morgan fingerprint density at radius 1 is 0.708 bits per heavy atom. The van der Waals surface area contributed by atoms with Gasteiger partial charge in [0.05, 0.1) is 15.2 Å². The second-order valence-electron chi connectivity index (χ2n) is 6.85. The number of ether oxygens (including phenoxy) is 1. The monoisotopic (exact) mass is 332 g/mol. The fourth-order valence-corrected chi connectivity index (χ4v) is 5.63. The van der Waals surface area contributed by atoms with E-state index in [9.17, 15) is 0 Å². The molecule has 0 unspecified atom stereocenters. The Kier molecular flexibility index (Phi) is 4.86. The number of benzene rings is 3. The fraction of sp³-hybridized carbons (Fsp3) is 0.182. The van der Waals surface area contributed by atoms with Crippen LogP contribution >= 0.6 is 0 Å². The van der Waals surface area contributed by atoms with E-state index in [2.05, 4.69) is 92.0 Å². The summed E-state index contributed by atoms with van der Waals surface area (Å²) in [5, 5.41) is 1.50. The molecule has 0 aliphatic carbocycles. The van der Waals surface area contributed by atoms with Crippen LogP contribution in [0.2, 0.25) is 13.1 Å². The molecule has 0 aliphatic heterocycles. The van der Waals surface area contributed by atoms with Gasteiger partial charge in [-0.15, -0.1) is 0 Å². The topological polar surface area (TPSA) is 9.23 Å². The summed E-state index contributed by atoms with van der Waals surface area (Å²) in [5.41, 5.74) is 3.95. The van der Waals surface area contributed by atoms with Crippen LogP contribution in [0.5, 0.6) is 5.75 Å². The van der Waals surface area contributed by atoms with E-state index in [1.54, 1.807) is 7.11 Å². The molecule has 0 fully saturated rings. The summed E-state index contributed by atoms with van der Waals surface area (Å²) in [4.78, 5) is 0. The van der Waals surface area contributed by atoms with Crippen LogP contribution in [0.25, 0.3) is 11.1 Å². The van der Waals surface area contributed by atoms with Crippen molar-refractivity contribution < 1.29 is 4.74 Å². The fourth-order valence-electron chi connectivity index (χ4n) is 3.10. The van der Waals surface area contributed by atoms with Gasteiger partial charge in [-0.3, -0.25) is 0 Å². The van der Waals surface area contributed by atoms with Gasteiger partial charge in [-0.05, 0) is 29.3 Å². The van der Waals surface area contributed by atoms with Gasteiger partial charge in [-0.2, -0.15) is 0 Å². The molecule has 24 heavy (non-hydrogen) atoms. The molecule has 3 rings (SSSR count). The van der Waals surface area contributed by atoms with Crippen molar-refractivity contribution in [1.29, 1.82) is 0 Å². The standard InChI is InChI=1S/C22H24OSi/c1-23-21-13-9-18(10-14-21)17-24(2,3)22-15-11-20(12-16-22)19-7-5-4-6-8-19/h4-16H,17H2,1-3H3. The third-order valence-corrected chi connectivity index (χ3v) is 7.77. The zero-order chi connectivity index (χ0) is 17.0. The van der Waals surface area contributed by atoms with Crippen LogP contribution in [-0.2, 0) is 6.04 Å². The normalized spacial score (nSPS) is 11.3. The zero-order valence-corrected chi connectivity index (χ0v) is 15.6. The van der Waals surface area contributed by atoms with Crippen molar-refractivity contribution in [3.8, 4) is 16.9 Å². The average molecular weight is 333 g/mol. The first-order valence-corrected chi connectivity index (χ1v) is 11.6. The summed E-state index contributed by atoms with van der Waals surface area (Å²) < 4.78 is 5.25. The first kappa shape index (κ1) is 16.5. The van der Waals surface area contributed by atoms with Gasteiger partial charge < -0.3 is 4.74 Å². The molecule has 0 radical (unpaired) electrons. The minimum absolute atomic E-state index is 0.922. The summed E-state index contributed by atoms with van der Waals surface area (Å²) in [6.07, 6.45) is 0. The average Bonchev–Trinajstić information content (AvgIpc) is 2.63. The first-order valence-electron chi connectivity index (χ1n) is 8.37. The van der Waals surface area contributed by atoms with Crippen molar-refractivity contribution in [3.05, 3.63) is 84.4 Å². The van der Waals surface area contributed by atoms with Crippen molar-refractivity contribution in [3.63, 3.8) is 0 Å². The molecule has 0 saturated carbocycles. The van der Waals surface area contributed by atoms with Crippen molar-refractivity contribution in [2.75, 3.05) is 7.11 Å². The molecule has 0 aliphatic rings. The van der Waals surface area contributed by atoms with Crippen LogP contribution in [0.3, 0.4) is 0 Å². The molecule has 0 aromatic heterocycles. The largest absolute Gasteiger partial charge is 0.497 e. The molecule has 0 amide bonds. The summed E-state index contributed by atoms with van der Waals surface area (Å²) in [6, 6.07) is 29.3. The van der Waals surface area contributed by atoms with Crippen molar-refractivity contribution >= 4 is 13.3 Å². The lowest BCUT2D eigenvalue weighted by molar-refractivity contribution is 0.414. The SMILES string of the molecule is COc1ccc(C[Si](C)(C)c2ccc(-c3ccccc3)cc2)cc1. The van der Waals surface area contributed by atoms with Gasteiger partial charge in [0.2, 0.25) is 0 Å². The minimum Gasteiger partial charge on any atom is -0.497 e. The molecule has 3 aromatic rings. The second kappa shape index (κ2) is 7.06. The number of methoxy groups -OCH3 is 1. The second-order valence-corrected chi connectivity index (χ2v) is 11.6. The summed E-state index contributed by atoms with van der Waals surface area (Å²) in [6.45, 7) is 4.88. The van der Waals surface area contributed by atoms with Crippen LogP contribution in [0.15, 0.2) is 78.9 Å². The van der Waals surface area contributed by atoms with Crippen molar-refractivity contribution in [2.24, 2.45) is 0 Å². The molecule has 122 valence electrons. The highest BCUT2D eigenvalue weighted by molar-refractivity contribution is 6.89. The van der Waals surface area contributed by atoms with Crippen LogP contribution in [0.4, 0.5) is 0 Å². The molecular formula is C22H24OSi. The van der Waals surface area contributed by atoms with Gasteiger partial charge in [-0.1, -0.05) is 90.6 Å². The summed E-state index contributed by atoms with van der Waals surface area (Å²) in [5.74, 6) is 0.922. The van der Waals surface area contributed by atoms with E-state index < -0.39 is 8.07 Å². The van der Waals surface area contributed by atoms with E-state index in [0.29, 0.717) is 0 Å². The van der Waals surface area contributed by atoms with E-state index in [-0.39, 0.29) is 0 Å². The van der Waals surface area contributed by atoms with Crippen molar-refractivity contribution in [1.82, 2.24) is 0 Å². The molecule has 0 bridgehead atoms. The van der Waals surface area contributed by atoms with Gasteiger partial charge in [0, 0.05) is 0 Å². The Labute approximate surface area is 145 Å². The van der Waals surface area contributed by atoms with E-state index in [1.807, 2.05) is 0 Å². The molecule has 0 heterocycles. The Bertz CT molecular complexity index is 774. The third kappa shape index (κ3) is 3.77. The van der Waals surface area contributed by atoms with E-state index in [1.165, 1.54) is 21.9 Å². The number of rotatable bonds is 5. The molecule has 0 spiro atoms.